The van der Waals surface area contributed by atoms with Gasteiger partial charge in [-0.15, -0.1) is 0 Å². The molecule has 4 rings (SSSR count). The summed E-state index contributed by atoms with van der Waals surface area (Å²) in [6.45, 7) is 0. The zero-order chi connectivity index (χ0) is 20.0. The highest BCUT2D eigenvalue weighted by molar-refractivity contribution is 8.26. The number of carbonyl (C=O) groups is 2. The van der Waals surface area contributed by atoms with Gasteiger partial charge in [0, 0.05) is 29.4 Å². The van der Waals surface area contributed by atoms with Gasteiger partial charge in [0.15, 0.2) is 0 Å². The Balaban J connectivity index is 1.83. The van der Waals surface area contributed by atoms with Crippen LogP contribution in [0.15, 0.2) is 39.9 Å². The van der Waals surface area contributed by atoms with Crippen molar-refractivity contribution in [3.63, 3.8) is 0 Å². The molecule has 10 heteroatoms. The van der Waals surface area contributed by atoms with E-state index in [-0.39, 0.29) is 22.6 Å². The summed E-state index contributed by atoms with van der Waals surface area (Å²) in [4.78, 5) is 27.1. The van der Waals surface area contributed by atoms with Gasteiger partial charge in [0.1, 0.15) is 32.9 Å². The molecule has 140 valence electrons. The first-order valence-corrected chi connectivity index (χ1v) is 8.91. The Morgan fingerprint density at radius 2 is 1.96 bits per heavy atom. The molecular formula is C18H8F2N2O4S2. The smallest absolute Gasteiger partial charge is 0.341 e. The highest BCUT2D eigenvalue weighted by Gasteiger charge is 2.23. The number of halogens is 2. The van der Waals surface area contributed by atoms with E-state index in [1.165, 1.54) is 18.5 Å². The second-order valence-corrected chi connectivity index (χ2v) is 7.45. The van der Waals surface area contributed by atoms with E-state index >= 15 is 0 Å². The Hall–Kier alpha value is -3.11. The topological polar surface area (TPSA) is 92.4 Å². The van der Waals surface area contributed by atoms with Crippen LogP contribution in [0.2, 0.25) is 0 Å². The van der Waals surface area contributed by atoms with Gasteiger partial charge in [-0.25, -0.2) is 13.6 Å². The molecule has 6 nitrogen and oxygen atoms in total. The van der Waals surface area contributed by atoms with E-state index < -0.39 is 23.2 Å². The van der Waals surface area contributed by atoms with Crippen molar-refractivity contribution in [2.75, 3.05) is 0 Å². The summed E-state index contributed by atoms with van der Waals surface area (Å²) in [6, 6.07) is 3.43. The van der Waals surface area contributed by atoms with Gasteiger partial charge in [0.25, 0.3) is 5.91 Å². The van der Waals surface area contributed by atoms with E-state index in [0.29, 0.717) is 20.4 Å². The van der Waals surface area contributed by atoms with Crippen molar-refractivity contribution in [3.8, 4) is 11.1 Å². The molecule has 2 aromatic heterocycles. The Bertz CT molecular complexity index is 1200. The van der Waals surface area contributed by atoms with Crippen LogP contribution in [0.3, 0.4) is 0 Å². The number of nitrogens with zero attached hydrogens (tertiary/aromatic N) is 1. The maximum atomic E-state index is 14.1. The number of nitrogens with one attached hydrogen (secondary N) is 1. The van der Waals surface area contributed by atoms with Gasteiger partial charge >= 0.3 is 5.97 Å². The number of hydrogen-bond donors (Lipinski definition) is 2. The largest absolute Gasteiger partial charge is 0.477 e. The highest BCUT2D eigenvalue weighted by Crippen LogP contribution is 2.34. The number of hydrogen-bond acceptors (Lipinski definition) is 6. The molecule has 1 saturated heterocycles. The van der Waals surface area contributed by atoms with Crippen LogP contribution in [0.4, 0.5) is 8.78 Å². The van der Waals surface area contributed by atoms with E-state index in [1.807, 2.05) is 0 Å². The molecule has 1 aliphatic heterocycles. The minimum absolute atomic E-state index is 0.0702. The molecule has 0 saturated carbocycles. The van der Waals surface area contributed by atoms with Crippen molar-refractivity contribution < 1.29 is 27.9 Å². The maximum Gasteiger partial charge on any atom is 0.341 e. The maximum absolute atomic E-state index is 14.1. The lowest BCUT2D eigenvalue weighted by Crippen LogP contribution is -2.17. The number of benzene rings is 1. The summed E-state index contributed by atoms with van der Waals surface area (Å²) < 4.78 is 34.2. The highest BCUT2D eigenvalue weighted by atomic mass is 32.2. The molecule has 1 amide bonds. The molecule has 1 fully saturated rings. The van der Waals surface area contributed by atoms with Gasteiger partial charge in [-0.05, 0) is 23.8 Å². The number of aromatic carboxylic acids is 1. The number of carbonyl (C=O) groups excluding carboxylic acids is 1. The molecule has 1 aliphatic rings. The van der Waals surface area contributed by atoms with Crippen LogP contribution in [0.5, 0.6) is 0 Å². The van der Waals surface area contributed by atoms with E-state index in [4.69, 9.17) is 21.7 Å². The minimum atomic E-state index is -1.70. The van der Waals surface area contributed by atoms with Crippen LogP contribution < -0.4 is 5.32 Å². The lowest BCUT2D eigenvalue weighted by molar-refractivity contribution is -0.115. The molecule has 0 atom stereocenters. The van der Waals surface area contributed by atoms with Crippen molar-refractivity contribution in [2.45, 2.75) is 0 Å². The summed E-state index contributed by atoms with van der Waals surface area (Å²) >= 11 is 6.02. The zero-order valence-corrected chi connectivity index (χ0v) is 15.3. The number of rotatable bonds is 3. The molecule has 1 aromatic carbocycles. The molecule has 0 aliphatic carbocycles. The summed E-state index contributed by atoms with van der Waals surface area (Å²) in [5, 5.41) is 11.9. The Kier molecular flexibility index (Phi) is 4.44. The summed E-state index contributed by atoms with van der Waals surface area (Å²) in [5.41, 5.74) is -0.402. The number of carboxylic acids is 1. The van der Waals surface area contributed by atoms with Gasteiger partial charge in [0.2, 0.25) is 0 Å². The van der Waals surface area contributed by atoms with Crippen molar-refractivity contribution in [3.05, 3.63) is 58.5 Å². The standard InChI is InChI=1S/C18H8F2N2O4S2/c19-11-2-7(3-12(20)14(11)17(24)25)10-6-21-5-8-1-9(26-15(8)10)4-13-16(23)22-18(27)28-13/h1-6H,(H,24,25)(H,22,23,27). The van der Waals surface area contributed by atoms with Gasteiger partial charge in [-0.2, -0.15) is 0 Å². The second kappa shape index (κ2) is 6.80. The van der Waals surface area contributed by atoms with Crippen LogP contribution >= 0.6 is 24.0 Å². The fourth-order valence-electron chi connectivity index (χ4n) is 2.74. The monoisotopic (exact) mass is 418 g/mol. The van der Waals surface area contributed by atoms with E-state index in [9.17, 15) is 18.4 Å². The van der Waals surface area contributed by atoms with Crippen molar-refractivity contribution in [2.24, 2.45) is 0 Å². The van der Waals surface area contributed by atoms with E-state index in [2.05, 4.69) is 10.3 Å². The summed E-state index contributed by atoms with van der Waals surface area (Å²) in [7, 11) is 0. The number of thiocarbonyl (C=S) groups is 1. The number of aromatic nitrogens is 1. The predicted octanol–water partition coefficient (Wildman–Crippen LogP) is 3.96. The second-order valence-electron chi connectivity index (χ2n) is 5.73. The minimum Gasteiger partial charge on any atom is -0.477 e. The molecule has 2 N–H and O–H groups in total. The SMILES string of the molecule is O=C1NC(=S)SC1=Cc1cc2cncc(-c3cc(F)c(C(=O)O)c(F)c3)c2o1. The van der Waals surface area contributed by atoms with Gasteiger partial charge in [-0.3, -0.25) is 9.78 Å². The molecule has 28 heavy (non-hydrogen) atoms. The van der Waals surface area contributed by atoms with Gasteiger partial charge in [-0.1, -0.05) is 24.0 Å². The molecule has 3 aromatic rings. The first-order valence-electron chi connectivity index (χ1n) is 7.68. The molecule has 0 bridgehead atoms. The molecule has 3 heterocycles. The number of fused-ring (bicyclic) bond motifs is 1. The molecule has 0 spiro atoms. The Labute approximate surface area is 165 Å². The fourth-order valence-corrected chi connectivity index (χ4v) is 3.77. The average molecular weight is 418 g/mol. The van der Waals surface area contributed by atoms with Crippen LogP contribution in [-0.4, -0.2) is 26.3 Å². The van der Waals surface area contributed by atoms with Crippen molar-refractivity contribution in [1.29, 1.82) is 0 Å². The zero-order valence-electron chi connectivity index (χ0n) is 13.7. The predicted molar refractivity (Wildman–Crippen MR) is 103 cm³/mol. The van der Waals surface area contributed by atoms with Crippen LogP contribution in [0.25, 0.3) is 28.2 Å². The number of pyridine rings is 1. The van der Waals surface area contributed by atoms with Crippen LogP contribution in [0, 0.1) is 11.6 Å². The third-order valence-corrected chi connectivity index (χ3v) is 5.09. The van der Waals surface area contributed by atoms with Crippen molar-refractivity contribution >= 4 is 57.2 Å². The van der Waals surface area contributed by atoms with Crippen LogP contribution in [0.1, 0.15) is 16.1 Å². The average Bonchev–Trinajstić information content (AvgIpc) is 3.15. The Morgan fingerprint density at radius 3 is 2.57 bits per heavy atom. The lowest BCUT2D eigenvalue weighted by atomic mass is 10.0. The summed E-state index contributed by atoms with van der Waals surface area (Å²) in [5.74, 6) is -4.13. The first-order chi connectivity index (χ1) is 13.3. The van der Waals surface area contributed by atoms with E-state index in [1.54, 1.807) is 6.07 Å². The normalized spacial score (nSPS) is 15.4. The summed E-state index contributed by atoms with van der Waals surface area (Å²) in [6.07, 6.45) is 4.34. The Morgan fingerprint density at radius 1 is 1.25 bits per heavy atom. The fraction of sp³-hybridized carbons (Fsp3) is 0. The quantitative estimate of drug-likeness (QED) is 0.491. The third kappa shape index (κ3) is 3.16. The number of thioether (sulfide) groups is 1. The molecule has 0 radical (unpaired) electrons. The lowest BCUT2D eigenvalue weighted by Gasteiger charge is -2.06. The number of furan rings is 1. The van der Waals surface area contributed by atoms with Crippen LogP contribution in [-0.2, 0) is 4.79 Å². The molecule has 0 unspecified atom stereocenters. The number of carboxylic acid groups (broad SMARTS) is 1. The van der Waals surface area contributed by atoms with Gasteiger partial charge in [0.05, 0.1) is 4.91 Å². The molecular weight excluding hydrogens is 410 g/mol. The third-order valence-electron chi connectivity index (χ3n) is 3.92. The number of amides is 1. The van der Waals surface area contributed by atoms with Gasteiger partial charge < -0.3 is 14.8 Å². The van der Waals surface area contributed by atoms with Crippen molar-refractivity contribution in [1.82, 2.24) is 10.3 Å². The van der Waals surface area contributed by atoms with E-state index in [0.717, 1.165) is 23.9 Å². The first kappa shape index (κ1) is 18.3.